The summed E-state index contributed by atoms with van der Waals surface area (Å²) >= 11 is 0. The molecule has 0 radical (unpaired) electrons. The van der Waals surface area contributed by atoms with Crippen molar-refractivity contribution in [2.45, 2.75) is 31.4 Å². The molecule has 2 atom stereocenters. The summed E-state index contributed by atoms with van der Waals surface area (Å²) in [6, 6.07) is 0.430. The standard InChI is InChI=1S/C9H19NO3/c11-5-9(12)7-13-6-8-3-1-2-4-10-8/h8-12H,1-7H2. The Morgan fingerprint density at radius 2 is 2.31 bits per heavy atom. The molecule has 2 unspecified atom stereocenters. The van der Waals surface area contributed by atoms with Crippen molar-refractivity contribution >= 4 is 0 Å². The molecule has 0 amide bonds. The van der Waals surface area contributed by atoms with Gasteiger partial charge in [-0.3, -0.25) is 0 Å². The lowest BCUT2D eigenvalue weighted by atomic mass is 10.1. The van der Waals surface area contributed by atoms with Crippen molar-refractivity contribution in [1.82, 2.24) is 5.32 Å². The molecule has 0 aromatic heterocycles. The van der Waals surface area contributed by atoms with Crippen molar-refractivity contribution in [2.24, 2.45) is 0 Å². The monoisotopic (exact) mass is 189 g/mol. The van der Waals surface area contributed by atoms with Crippen LogP contribution in [-0.4, -0.2) is 48.7 Å². The van der Waals surface area contributed by atoms with E-state index in [0.29, 0.717) is 12.6 Å². The Hall–Kier alpha value is -0.160. The number of aliphatic hydroxyl groups excluding tert-OH is 2. The van der Waals surface area contributed by atoms with Gasteiger partial charge in [0.15, 0.2) is 0 Å². The topological polar surface area (TPSA) is 61.7 Å². The molecule has 78 valence electrons. The average Bonchev–Trinajstić information content (AvgIpc) is 2.19. The molecule has 1 saturated heterocycles. The summed E-state index contributed by atoms with van der Waals surface area (Å²) in [5.41, 5.74) is 0. The van der Waals surface area contributed by atoms with Crippen LogP contribution in [0.4, 0.5) is 0 Å². The van der Waals surface area contributed by atoms with E-state index in [4.69, 9.17) is 14.9 Å². The molecular weight excluding hydrogens is 170 g/mol. The number of hydrogen-bond donors (Lipinski definition) is 3. The van der Waals surface area contributed by atoms with Crippen LogP contribution in [0, 0.1) is 0 Å². The molecule has 0 aromatic carbocycles. The van der Waals surface area contributed by atoms with Crippen LogP contribution >= 0.6 is 0 Å². The smallest absolute Gasteiger partial charge is 0.100 e. The zero-order valence-corrected chi connectivity index (χ0v) is 7.91. The number of piperidine rings is 1. The first-order chi connectivity index (χ1) is 6.33. The van der Waals surface area contributed by atoms with Crippen LogP contribution < -0.4 is 5.32 Å². The molecule has 0 spiro atoms. The first-order valence-corrected chi connectivity index (χ1v) is 4.93. The zero-order chi connectivity index (χ0) is 9.52. The highest BCUT2D eigenvalue weighted by atomic mass is 16.5. The van der Waals surface area contributed by atoms with E-state index in [-0.39, 0.29) is 13.2 Å². The van der Waals surface area contributed by atoms with Gasteiger partial charge in [-0.15, -0.1) is 0 Å². The molecule has 1 rings (SSSR count). The third kappa shape index (κ3) is 4.57. The highest BCUT2D eigenvalue weighted by Gasteiger charge is 2.12. The maximum Gasteiger partial charge on any atom is 0.100 e. The van der Waals surface area contributed by atoms with Crippen LogP contribution in [0.15, 0.2) is 0 Å². The molecule has 0 aliphatic carbocycles. The minimum atomic E-state index is -0.733. The Morgan fingerprint density at radius 1 is 1.46 bits per heavy atom. The van der Waals surface area contributed by atoms with E-state index in [2.05, 4.69) is 5.32 Å². The molecular formula is C9H19NO3. The predicted molar refractivity (Wildman–Crippen MR) is 49.6 cm³/mol. The van der Waals surface area contributed by atoms with Gasteiger partial charge in [0.2, 0.25) is 0 Å². The maximum atomic E-state index is 8.99. The van der Waals surface area contributed by atoms with E-state index in [9.17, 15) is 0 Å². The van der Waals surface area contributed by atoms with Gasteiger partial charge >= 0.3 is 0 Å². The van der Waals surface area contributed by atoms with E-state index in [1.807, 2.05) is 0 Å². The maximum absolute atomic E-state index is 8.99. The molecule has 1 aliphatic rings. The van der Waals surface area contributed by atoms with Gasteiger partial charge in [-0.25, -0.2) is 0 Å². The van der Waals surface area contributed by atoms with Crippen LogP contribution in [0.5, 0.6) is 0 Å². The molecule has 1 aliphatic heterocycles. The Labute approximate surface area is 78.9 Å². The first-order valence-electron chi connectivity index (χ1n) is 4.93. The minimum Gasteiger partial charge on any atom is -0.394 e. The summed E-state index contributed by atoms with van der Waals surface area (Å²) < 4.78 is 5.25. The highest BCUT2D eigenvalue weighted by molar-refractivity contribution is 4.71. The van der Waals surface area contributed by atoms with Gasteiger partial charge in [0.25, 0.3) is 0 Å². The quantitative estimate of drug-likeness (QED) is 0.545. The SMILES string of the molecule is OCC(O)COCC1CCCCN1. The molecule has 1 heterocycles. The van der Waals surface area contributed by atoms with E-state index < -0.39 is 6.10 Å². The van der Waals surface area contributed by atoms with Crippen LogP contribution in [0.3, 0.4) is 0 Å². The van der Waals surface area contributed by atoms with E-state index >= 15 is 0 Å². The van der Waals surface area contributed by atoms with E-state index in [0.717, 1.165) is 13.0 Å². The highest BCUT2D eigenvalue weighted by Crippen LogP contribution is 2.06. The first kappa shape index (κ1) is 10.9. The molecule has 4 nitrogen and oxygen atoms in total. The number of aliphatic hydroxyl groups is 2. The van der Waals surface area contributed by atoms with Gasteiger partial charge in [-0.2, -0.15) is 0 Å². The summed E-state index contributed by atoms with van der Waals surface area (Å²) in [6.07, 6.45) is 2.91. The lowest BCUT2D eigenvalue weighted by Crippen LogP contribution is -2.38. The molecule has 0 saturated carbocycles. The minimum absolute atomic E-state index is 0.224. The molecule has 1 fully saturated rings. The second-order valence-corrected chi connectivity index (χ2v) is 3.52. The lowest BCUT2D eigenvalue weighted by Gasteiger charge is -2.23. The van der Waals surface area contributed by atoms with Gasteiger partial charge in [-0.05, 0) is 19.4 Å². The van der Waals surface area contributed by atoms with E-state index in [1.165, 1.54) is 12.8 Å². The lowest BCUT2D eigenvalue weighted by molar-refractivity contribution is -0.00191. The second-order valence-electron chi connectivity index (χ2n) is 3.52. The number of hydrogen-bond acceptors (Lipinski definition) is 4. The summed E-state index contributed by atoms with van der Waals surface area (Å²) in [4.78, 5) is 0. The van der Waals surface area contributed by atoms with Crippen molar-refractivity contribution in [3.05, 3.63) is 0 Å². The normalized spacial score (nSPS) is 25.8. The zero-order valence-electron chi connectivity index (χ0n) is 7.91. The average molecular weight is 189 g/mol. The van der Waals surface area contributed by atoms with Gasteiger partial charge in [-0.1, -0.05) is 6.42 Å². The van der Waals surface area contributed by atoms with Gasteiger partial charge in [0.1, 0.15) is 6.10 Å². The van der Waals surface area contributed by atoms with Crippen molar-refractivity contribution in [2.75, 3.05) is 26.4 Å². The summed E-state index contributed by atoms with van der Waals surface area (Å²) in [5, 5.41) is 20.9. The molecule has 0 bridgehead atoms. The van der Waals surface area contributed by atoms with Gasteiger partial charge < -0.3 is 20.3 Å². The molecule has 4 heteroatoms. The van der Waals surface area contributed by atoms with Crippen LogP contribution in [0.25, 0.3) is 0 Å². The van der Waals surface area contributed by atoms with Gasteiger partial charge in [0, 0.05) is 6.04 Å². The van der Waals surface area contributed by atoms with Crippen molar-refractivity contribution < 1.29 is 14.9 Å². The van der Waals surface area contributed by atoms with Crippen LogP contribution in [0.2, 0.25) is 0 Å². The Morgan fingerprint density at radius 3 is 2.92 bits per heavy atom. The van der Waals surface area contributed by atoms with Crippen molar-refractivity contribution in [3.63, 3.8) is 0 Å². The van der Waals surface area contributed by atoms with Crippen molar-refractivity contribution in [1.29, 1.82) is 0 Å². The number of nitrogens with one attached hydrogen (secondary N) is 1. The fourth-order valence-corrected chi connectivity index (χ4v) is 1.47. The third-order valence-electron chi connectivity index (χ3n) is 2.25. The third-order valence-corrected chi connectivity index (χ3v) is 2.25. The Kier molecular flexibility index (Phi) is 5.31. The predicted octanol–water partition coefficient (Wildman–Crippen LogP) is -0.502. The molecule has 0 aromatic rings. The summed E-state index contributed by atoms with van der Waals surface area (Å²) in [7, 11) is 0. The fourth-order valence-electron chi connectivity index (χ4n) is 1.47. The Balaban J connectivity index is 1.98. The van der Waals surface area contributed by atoms with Crippen LogP contribution in [0.1, 0.15) is 19.3 Å². The summed E-state index contributed by atoms with van der Waals surface area (Å²) in [5.74, 6) is 0. The molecule has 13 heavy (non-hydrogen) atoms. The molecule has 3 N–H and O–H groups in total. The number of ether oxygens (including phenoxy) is 1. The summed E-state index contributed by atoms with van der Waals surface area (Å²) in [6.45, 7) is 1.71. The van der Waals surface area contributed by atoms with Crippen molar-refractivity contribution in [3.8, 4) is 0 Å². The van der Waals surface area contributed by atoms with Gasteiger partial charge in [0.05, 0.1) is 19.8 Å². The second kappa shape index (κ2) is 6.32. The number of rotatable bonds is 5. The Bertz CT molecular complexity index is 126. The van der Waals surface area contributed by atoms with E-state index in [1.54, 1.807) is 0 Å². The largest absolute Gasteiger partial charge is 0.394 e. The van der Waals surface area contributed by atoms with Crippen LogP contribution in [-0.2, 0) is 4.74 Å². The fraction of sp³-hybridized carbons (Fsp3) is 1.00.